The molecule has 2 aliphatic rings. The van der Waals surface area contributed by atoms with Crippen molar-refractivity contribution in [3.05, 3.63) is 35.6 Å². The number of hydrogen-bond acceptors (Lipinski definition) is 5. The van der Waals surface area contributed by atoms with E-state index in [0.717, 1.165) is 24.2 Å². The molecule has 1 aliphatic heterocycles. The molecule has 29 heavy (non-hydrogen) atoms. The minimum absolute atomic E-state index is 0.0159. The molecule has 1 saturated carbocycles. The van der Waals surface area contributed by atoms with Crippen molar-refractivity contribution >= 4 is 23.8 Å². The maximum atomic E-state index is 13.5. The third kappa shape index (κ3) is 4.38. The number of urea groups is 1. The highest BCUT2D eigenvalue weighted by atomic mass is 19.1. The zero-order valence-corrected chi connectivity index (χ0v) is 16.2. The predicted molar refractivity (Wildman–Crippen MR) is 99.8 cm³/mol. The fourth-order valence-corrected chi connectivity index (χ4v) is 3.85. The lowest BCUT2D eigenvalue weighted by atomic mass is 9.73. The van der Waals surface area contributed by atoms with Crippen LogP contribution in [0.15, 0.2) is 24.3 Å². The molecule has 0 radical (unpaired) electrons. The average Bonchev–Trinajstić information content (AvgIpc) is 2.93. The van der Waals surface area contributed by atoms with E-state index in [9.17, 15) is 23.6 Å². The lowest BCUT2D eigenvalue weighted by Gasteiger charge is -2.36. The Balaban J connectivity index is 1.48. The average molecular weight is 405 g/mol. The molecule has 0 bridgehead atoms. The van der Waals surface area contributed by atoms with Crippen molar-refractivity contribution < 1.29 is 28.3 Å². The van der Waals surface area contributed by atoms with Crippen molar-refractivity contribution in [2.45, 2.75) is 44.7 Å². The van der Waals surface area contributed by atoms with Crippen LogP contribution in [-0.2, 0) is 25.7 Å². The van der Waals surface area contributed by atoms with E-state index in [1.54, 1.807) is 6.07 Å². The number of ether oxygens (including phenoxy) is 1. The molecule has 1 aromatic carbocycles. The van der Waals surface area contributed by atoms with Gasteiger partial charge in [0.05, 0.1) is 0 Å². The monoisotopic (exact) mass is 405 g/mol. The molecule has 0 unspecified atom stereocenters. The second-order valence-electron chi connectivity index (χ2n) is 7.47. The molecular weight excluding hydrogens is 381 g/mol. The quantitative estimate of drug-likeness (QED) is 0.551. The molecular formula is C20H24FN3O5. The van der Waals surface area contributed by atoms with Crippen LogP contribution in [0.2, 0.25) is 0 Å². The predicted octanol–water partition coefficient (Wildman–Crippen LogP) is 1.49. The Kier molecular flexibility index (Phi) is 6.14. The Morgan fingerprint density at radius 2 is 2.07 bits per heavy atom. The summed E-state index contributed by atoms with van der Waals surface area (Å²) in [4.78, 5) is 49.7. The van der Waals surface area contributed by atoms with E-state index < -0.39 is 48.3 Å². The summed E-state index contributed by atoms with van der Waals surface area (Å²) < 4.78 is 18.4. The van der Waals surface area contributed by atoms with Crippen LogP contribution in [0.1, 0.15) is 38.2 Å². The summed E-state index contributed by atoms with van der Waals surface area (Å²) >= 11 is 0. The molecule has 1 spiro atoms. The fourth-order valence-electron chi connectivity index (χ4n) is 3.85. The van der Waals surface area contributed by atoms with Crippen molar-refractivity contribution in [1.29, 1.82) is 0 Å². The van der Waals surface area contributed by atoms with Gasteiger partial charge in [-0.1, -0.05) is 38.0 Å². The summed E-state index contributed by atoms with van der Waals surface area (Å²) in [6, 6.07) is 5.37. The molecule has 2 N–H and O–H groups in total. The van der Waals surface area contributed by atoms with Crippen molar-refractivity contribution in [2.75, 3.05) is 13.2 Å². The first-order valence-corrected chi connectivity index (χ1v) is 9.63. The molecule has 8 nitrogen and oxygen atoms in total. The molecule has 2 atom stereocenters. The summed E-state index contributed by atoms with van der Waals surface area (Å²) in [5.74, 6) is -2.37. The zero-order valence-electron chi connectivity index (χ0n) is 16.2. The van der Waals surface area contributed by atoms with Gasteiger partial charge in [-0.05, 0) is 24.8 Å². The number of amides is 4. The van der Waals surface area contributed by atoms with Crippen LogP contribution < -0.4 is 10.6 Å². The van der Waals surface area contributed by atoms with Crippen molar-refractivity contribution in [1.82, 2.24) is 15.5 Å². The van der Waals surface area contributed by atoms with Gasteiger partial charge in [0.1, 0.15) is 17.9 Å². The SMILES string of the molecule is C[C@@H]1CCCC[C@]12NC(=O)N(CC(=O)OCC(=O)NCc1ccccc1F)C2=O. The van der Waals surface area contributed by atoms with E-state index in [-0.39, 0.29) is 12.5 Å². The van der Waals surface area contributed by atoms with Crippen LogP contribution in [0.3, 0.4) is 0 Å². The molecule has 156 valence electrons. The Hall–Kier alpha value is -2.97. The van der Waals surface area contributed by atoms with Crippen LogP contribution in [0.5, 0.6) is 0 Å². The van der Waals surface area contributed by atoms with Gasteiger partial charge in [0.25, 0.3) is 11.8 Å². The van der Waals surface area contributed by atoms with Crippen LogP contribution >= 0.6 is 0 Å². The van der Waals surface area contributed by atoms with Crippen LogP contribution in [-0.4, -0.2) is 47.4 Å². The molecule has 9 heteroatoms. The van der Waals surface area contributed by atoms with E-state index in [2.05, 4.69) is 10.6 Å². The van der Waals surface area contributed by atoms with Gasteiger partial charge < -0.3 is 15.4 Å². The third-order valence-corrected chi connectivity index (χ3v) is 5.59. The lowest BCUT2D eigenvalue weighted by molar-refractivity contribution is -0.151. The van der Waals surface area contributed by atoms with Gasteiger partial charge in [-0.2, -0.15) is 0 Å². The topological polar surface area (TPSA) is 105 Å². The maximum Gasteiger partial charge on any atom is 0.326 e. The van der Waals surface area contributed by atoms with E-state index in [1.165, 1.54) is 18.2 Å². The van der Waals surface area contributed by atoms with Gasteiger partial charge in [-0.25, -0.2) is 9.18 Å². The molecule has 2 fully saturated rings. The molecule has 4 amide bonds. The number of nitrogens with one attached hydrogen (secondary N) is 2. The van der Waals surface area contributed by atoms with E-state index in [4.69, 9.17) is 4.74 Å². The minimum Gasteiger partial charge on any atom is -0.454 e. The van der Waals surface area contributed by atoms with Gasteiger partial charge in [0.2, 0.25) is 0 Å². The van der Waals surface area contributed by atoms with Gasteiger partial charge in [-0.15, -0.1) is 0 Å². The number of carbonyl (C=O) groups is 4. The Bertz CT molecular complexity index is 830. The zero-order chi connectivity index (χ0) is 21.0. The number of nitrogens with zero attached hydrogens (tertiary/aromatic N) is 1. The van der Waals surface area contributed by atoms with Crippen molar-refractivity contribution in [3.8, 4) is 0 Å². The number of hydrogen-bond donors (Lipinski definition) is 2. The smallest absolute Gasteiger partial charge is 0.326 e. The van der Waals surface area contributed by atoms with Gasteiger partial charge >= 0.3 is 12.0 Å². The second kappa shape index (κ2) is 8.59. The maximum absolute atomic E-state index is 13.5. The molecule has 1 aliphatic carbocycles. The van der Waals surface area contributed by atoms with Crippen LogP contribution in [0.25, 0.3) is 0 Å². The molecule has 3 rings (SSSR count). The highest BCUT2D eigenvalue weighted by molar-refractivity contribution is 6.09. The summed E-state index contributed by atoms with van der Waals surface area (Å²) in [7, 11) is 0. The minimum atomic E-state index is -0.952. The normalized spacial score (nSPS) is 23.8. The molecule has 1 aromatic rings. The summed E-state index contributed by atoms with van der Waals surface area (Å²) in [6.45, 7) is 0.730. The standard InChI is InChI=1S/C20H24FN3O5/c1-13-6-4-5-9-20(13)18(27)24(19(28)23-20)11-17(26)29-12-16(25)22-10-14-7-2-3-8-15(14)21/h2-3,7-8,13H,4-6,9-12H2,1H3,(H,22,25)(H,23,28)/t13-,20+/m1/s1. The fraction of sp³-hybridized carbons (Fsp3) is 0.500. The van der Waals surface area contributed by atoms with Gasteiger partial charge in [-0.3, -0.25) is 19.3 Å². The highest BCUT2D eigenvalue weighted by Gasteiger charge is 2.55. The number of benzene rings is 1. The van der Waals surface area contributed by atoms with Crippen LogP contribution in [0.4, 0.5) is 9.18 Å². The Morgan fingerprint density at radius 1 is 1.31 bits per heavy atom. The van der Waals surface area contributed by atoms with Crippen LogP contribution in [0, 0.1) is 11.7 Å². The Morgan fingerprint density at radius 3 is 2.79 bits per heavy atom. The largest absolute Gasteiger partial charge is 0.454 e. The Labute approximate surface area is 167 Å². The highest BCUT2D eigenvalue weighted by Crippen LogP contribution is 2.38. The van der Waals surface area contributed by atoms with Gasteiger partial charge in [0.15, 0.2) is 6.61 Å². The summed E-state index contributed by atoms with van der Waals surface area (Å²) in [5.41, 5.74) is -0.648. The van der Waals surface area contributed by atoms with E-state index in [0.29, 0.717) is 12.0 Å². The number of carbonyl (C=O) groups excluding carboxylic acids is 4. The first kappa shape index (κ1) is 20.8. The second-order valence-corrected chi connectivity index (χ2v) is 7.47. The van der Waals surface area contributed by atoms with Gasteiger partial charge in [0, 0.05) is 12.1 Å². The first-order valence-electron chi connectivity index (χ1n) is 9.63. The first-order chi connectivity index (χ1) is 13.8. The number of halogens is 1. The number of rotatable bonds is 6. The number of esters is 1. The van der Waals surface area contributed by atoms with E-state index in [1.807, 2.05) is 6.92 Å². The third-order valence-electron chi connectivity index (χ3n) is 5.59. The number of imide groups is 1. The molecule has 1 saturated heterocycles. The summed E-state index contributed by atoms with van der Waals surface area (Å²) in [6.07, 6.45) is 3.20. The molecule has 1 heterocycles. The van der Waals surface area contributed by atoms with E-state index >= 15 is 0 Å². The van der Waals surface area contributed by atoms with Crippen molar-refractivity contribution in [2.24, 2.45) is 5.92 Å². The van der Waals surface area contributed by atoms with Crippen molar-refractivity contribution in [3.63, 3.8) is 0 Å². The summed E-state index contributed by atoms with van der Waals surface area (Å²) in [5, 5.41) is 5.19. The molecule has 0 aromatic heterocycles. The lowest BCUT2D eigenvalue weighted by Crippen LogP contribution is -2.54.